The molecule has 0 aliphatic heterocycles. The van der Waals surface area contributed by atoms with Gasteiger partial charge in [-0.15, -0.1) is 0 Å². The first-order valence-electron chi connectivity index (χ1n) is 5.84. The van der Waals surface area contributed by atoms with E-state index in [1.165, 1.54) is 0 Å². The lowest BCUT2D eigenvalue weighted by atomic mass is 10.2. The van der Waals surface area contributed by atoms with Crippen molar-refractivity contribution in [2.24, 2.45) is 7.05 Å². The fourth-order valence-corrected chi connectivity index (χ4v) is 1.62. The van der Waals surface area contributed by atoms with Crippen molar-refractivity contribution in [1.29, 1.82) is 0 Å². The molecule has 5 nitrogen and oxygen atoms in total. The molecule has 0 amide bonds. The van der Waals surface area contributed by atoms with Crippen molar-refractivity contribution in [1.82, 2.24) is 20.1 Å². The minimum absolute atomic E-state index is 0.237. The molecule has 2 heterocycles. The number of rotatable bonds is 5. The van der Waals surface area contributed by atoms with Crippen molar-refractivity contribution < 1.29 is 4.42 Å². The van der Waals surface area contributed by atoms with Crippen LogP contribution >= 0.6 is 0 Å². The zero-order valence-corrected chi connectivity index (χ0v) is 10.5. The first kappa shape index (κ1) is 11.9. The van der Waals surface area contributed by atoms with Crippen molar-refractivity contribution in [2.75, 3.05) is 0 Å². The number of hydrogen-bond donors (Lipinski definition) is 1. The van der Waals surface area contributed by atoms with Gasteiger partial charge in [-0.2, -0.15) is 5.10 Å². The molecule has 5 heteroatoms. The molecule has 0 aromatic carbocycles. The van der Waals surface area contributed by atoms with Crippen LogP contribution in [0.3, 0.4) is 0 Å². The van der Waals surface area contributed by atoms with Gasteiger partial charge in [-0.3, -0.25) is 4.68 Å². The molecule has 0 saturated carbocycles. The van der Waals surface area contributed by atoms with E-state index in [0.717, 1.165) is 23.6 Å². The molecule has 2 aromatic rings. The molecule has 1 unspecified atom stereocenters. The maximum Gasteiger partial charge on any atom is 0.208 e. The van der Waals surface area contributed by atoms with Gasteiger partial charge in [-0.25, -0.2) is 4.98 Å². The van der Waals surface area contributed by atoms with E-state index in [1.807, 2.05) is 19.4 Å². The lowest BCUT2D eigenvalue weighted by Crippen LogP contribution is -2.17. The van der Waals surface area contributed by atoms with E-state index in [9.17, 15) is 0 Å². The highest BCUT2D eigenvalue weighted by Crippen LogP contribution is 2.11. The third-order valence-electron chi connectivity index (χ3n) is 2.73. The molecule has 1 atom stereocenters. The first-order valence-corrected chi connectivity index (χ1v) is 5.84. The van der Waals surface area contributed by atoms with Crippen LogP contribution in [0.15, 0.2) is 23.0 Å². The molecule has 0 bridgehead atoms. The molecular formula is C12H18N4O. The van der Waals surface area contributed by atoms with Gasteiger partial charge in [0, 0.05) is 31.3 Å². The van der Waals surface area contributed by atoms with Gasteiger partial charge in [0.2, 0.25) is 5.89 Å². The van der Waals surface area contributed by atoms with Crippen LogP contribution in [0.25, 0.3) is 0 Å². The van der Waals surface area contributed by atoms with Crippen LogP contribution in [0.5, 0.6) is 0 Å². The molecule has 17 heavy (non-hydrogen) atoms. The van der Waals surface area contributed by atoms with E-state index >= 15 is 0 Å². The summed E-state index contributed by atoms with van der Waals surface area (Å²) in [6.45, 7) is 4.78. The van der Waals surface area contributed by atoms with E-state index < -0.39 is 0 Å². The zero-order chi connectivity index (χ0) is 12.3. The van der Waals surface area contributed by atoms with Crippen molar-refractivity contribution in [3.05, 3.63) is 35.8 Å². The fraction of sp³-hybridized carbons (Fsp3) is 0.500. The number of aryl methyl sites for hydroxylation is 2. The standard InChI is InChI=1S/C12H18N4O/c1-4-11-6-14-12(17-11)7-13-9(2)10-5-15-16(3)8-10/h5-6,8-9,13H,4,7H2,1-3H3. The van der Waals surface area contributed by atoms with Crippen LogP contribution in [0, 0.1) is 0 Å². The zero-order valence-electron chi connectivity index (χ0n) is 10.5. The fourth-order valence-electron chi connectivity index (χ4n) is 1.62. The molecule has 0 aliphatic rings. The van der Waals surface area contributed by atoms with Gasteiger partial charge in [0.15, 0.2) is 0 Å². The van der Waals surface area contributed by atoms with Crippen molar-refractivity contribution in [3.8, 4) is 0 Å². The number of hydrogen-bond acceptors (Lipinski definition) is 4. The summed E-state index contributed by atoms with van der Waals surface area (Å²) in [5.74, 6) is 1.66. The van der Waals surface area contributed by atoms with Crippen molar-refractivity contribution >= 4 is 0 Å². The Morgan fingerprint density at radius 1 is 1.47 bits per heavy atom. The average Bonchev–Trinajstić information content (AvgIpc) is 2.94. The summed E-state index contributed by atoms with van der Waals surface area (Å²) in [6, 6.07) is 0.237. The predicted molar refractivity (Wildman–Crippen MR) is 64.3 cm³/mol. The molecule has 2 aromatic heterocycles. The molecule has 0 saturated heterocycles. The Labute approximate surface area is 101 Å². The van der Waals surface area contributed by atoms with Gasteiger partial charge in [0.05, 0.1) is 18.9 Å². The Bertz CT molecular complexity index is 474. The molecule has 1 N–H and O–H groups in total. The second-order valence-electron chi connectivity index (χ2n) is 4.12. The van der Waals surface area contributed by atoms with Gasteiger partial charge < -0.3 is 9.73 Å². The molecule has 0 fully saturated rings. The first-order chi connectivity index (χ1) is 8.19. The quantitative estimate of drug-likeness (QED) is 0.857. The minimum Gasteiger partial charge on any atom is -0.444 e. The number of nitrogens with one attached hydrogen (secondary N) is 1. The summed E-state index contributed by atoms with van der Waals surface area (Å²) in [5.41, 5.74) is 1.16. The number of nitrogens with zero attached hydrogens (tertiary/aromatic N) is 3. The van der Waals surface area contributed by atoms with Crippen LogP contribution in [0.2, 0.25) is 0 Å². The second-order valence-corrected chi connectivity index (χ2v) is 4.12. The second kappa shape index (κ2) is 5.14. The Morgan fingerprint density at radius 2 is 2.29 bits per heavy atom. The normalized spacial score (nSPS) is 12.9. The minimum atomic E-state index is 0.237. The van der Waals surface area contributed by atoms with Crippen LogP contribution < -0.4 is 5.32 Å². The van der Waals surface area contributed by atoms with Crippen LogP contribution in [-0.4, -0.2) is 14.8 Å². The Morgan fingerprint density at radius 3 is 2.88 bits per heavy atom. The van der Waals surface area contributed by atoms with Gasteiger partial charge in [0.1, 0.15) is 5.76 Å². The molecule has 92 valence electrons. The topological polar surface area (TPSA) is 55.9 Å². The maximum atomic E-state index is 5.53. The molecular weight excluding hydrogens is 216 g/mol. The monoisotopic (exact) mass is 234 g/mol. The third kappa shape index (κ3) is 2.94. The molecule has 0 aliphatic carbocycles. The van der Waals surface area contributed by atoms with Gasteiger partial charge in [0.25, 0.3) is 0 Å². The van der Waals surface area contributed by atoms with Crippen molar-refractivity contribution in [3.63, 3.8) is 0 Å². The highest BCUT2D eigenvalue weighted by molar-refractivity contribution is 5.09. The van der Waals surface area contributed by atoms with E-state index in [1.54, 1.807) is 10.9 Å². The van der Waals surface area contributed by atoms with E-state index in [2.05, 4.69) is 29.2 Å². The molecule has 0 radical (unpaired) electrons. The summed E-state index contributed by atoms with van der Waals surface area (Å²) in [6.07, 6.45) is 6.53. The smallest absolute Gasteiger partial charge is 0.208 e. The van der Waals surface area contributed by atoms with Gasteiger partial charge in [-0.1, -0.05) is 6.92 Å². The molecule has 2 rings (SSSR count). The summed E-state index contributed by atoms with van der Waals surface area (Å²) in [7, 11) is 1.91. The lowest BCUT2D eigenvalue weighted by Gasteiger charge is -2.09. The lowest BCUT2D eigenvalue weighted by molar-refractivity contribution is 0.424. The average molecular weight is 234 g/mol. The van der Waals surface area contributed by atoms with Gasteiger partial charge >= 0.3 is 0 Å². The summed E-state index contributed by atoms with van der Waals surface area (Å²) >= 11 is 0. The van der Waals surface area contributed by atoms with Crippen LogP contribution in [0.4, 0.5) is 0 Å². The third-order valence-corrected chi connectivity index (χ3v) is 2.73. The Kier molecular flexibility index (Phi) is 3.58. The molecule has 0 spiro atoms. The van der Waals surface area contributed by atoms with E-state index in [0.29, 0.717) is 6.54 Å². The van der Waals surface area contributed by atoms with Crippen LogP contribution in [0.1, 0.15) is 37.1 Å². The van der Waals surface area contributed by atoms with Crippen LogP contribution in [-0.2, 0) is 20.0 Å². The highest BCUT2D eigenvalue weighted by Gasteiger charge is 2.08. The van der Waals surface area contributed by atoms with Crippen molar-refractivity contribution in [2.45, 2.75) is 32.9 Å². The number of aromatic nitrogens is 3. The largest absolute Gasteiger partial charge is 0.444 e. The predicted octanol–water partition coefficient (Wildman–Crippen LogP) is 1.82. The SMILES string of the molecule is CCc1cnc(CNC(C)c2cnn(C)c2)o1. The van der Waals surface area contributed by atoms with E-state index in [-0.39, 0.29) is 6.04 Å². The summed E-state index contributed by atoms with van der Waals surface area (Å²) in [5, 5.41) is 7.50. The maximum absolute atomic E-state index is 5.53. The highest BCUT2D eigenvalue weighted by atomic mass is 16.4. The van der Waals surface area contributed by atoms with E-state index in [4.69, 9.17) is 4.42 Å². The summed E-state index contributed by atoms with van der Waals surface area (Å²) < 4.78 is 7.33. The number of oxazole rings is 1. The summed E-state index contributed by atoms with van der Waals surface area (Å²) in [4.78, 5) is 4.21. The van der Waals surface area contributed by atoms with Gasteiger partial charge in [-0.05, 0) is 6.92 Å². The Hall–Kier alpha value is -1.62. The Balaban J connectivity index is 1.89.